The van der Waals surface area contributed by atoms with Crippen molar-refractivity contribution < 1.29 is 13.6 Å². The van der Waals surface area contributed by atoms with Gasteiger partial charge in [0.25, 0.3) is 0 Å². The van der Waals surface area contributed by atoms with Crippen LogP contribution >= 0.6 is 0 Å². The van der Waals surface area contributed by atoms with Crippen LogP contribution in [-0.4, -0.2) is 5.78 Å². The number of Topliss-reactive ketones (excluding diaryl/α,β-unsaturated/α-hetero) is 1. The van der Waals surface area contributed by atoms with Crippen molar-refractivity contribution in [3.8, 4) is 0 Å². The van der Waals surface area contributed by atoms with Crippen molar-refractivity contribution in [2.24, 2.45) is 5.92 Å². The summed E-state index contributed by atoms with van der Waals surface area (Å²) in [5, 5.41) is 0.637. The zero-order chi connectivity index (χ0) is 12.4. The van der Waals surface area contributed by atoms with Gasteiger partial charge < -0.3 is 4.42 Å². The van der Waals surface area contributed by atoms with Crippen LogP contribution in [0.3, 0.4) is 0 Å². The monoisotopic (exact) mass is 234 g/mol. The second-order valence-corrected chi connectivity index (χ2v) is 4.62. The number of carbonyl (C=O) groups excluding carboxylic acids is 1. The molecule has 90 valence electrons. The van der Waals surface area contributed by atoms with Crippen molar-refractivity contribution in [2.75, 3.05) is 0 Å². The molecule has 0 aliphatic heterocycles. The SMILES string of the molecule is CC(C)CCC(=O)c1cc2cccc(F)c2o1. The van der Waals surface area contributed by atoms with Crippen LogP contribution in [0, 0.1) is 11.7 Å². The Kier molecular flexibility index (Phi) is 3.27. The highest BCUT2D eigenvalue weighted by molar-refractivity contribution is 5.97. The summed E-state index contributed by atoms with van der Waals surface area (Å²) in [5.74, 6) is 0.241. The summed E-state index contributed by atoms with van der Waals surface area (Å²) in [6.45, 7) is 4.12. The summed E-state index contributed by atoms with van der Waals surface area (Å²) in [4.78, 5) is 11.8. The highest BCUT2D eigenvalue weighted by Gasteiger charge is 2.14. The Hall–Kier alpha value is -1.64. The minimum absolute atomic E-state index is 0.0608. The second kappa shape index (κ2) is 4.70. The average Bonchev–Trinajstić information content (AvgIpc) is 2.71. The number of fused-ring (bicyclic) bond motifs is 1. The predicted octanol–water partition coefficient (Wildman–Crippen LogP) is 4.19. The summed E-state index contributed by atoms with van der Waals surface area (Å²) in [5.41, 5.74) is 0.167. The van der Waals surface area contributed by atoms with Gasteiger partial charge in [0, 0.05) is 11.8 Å². The Bertz CT molecular complexity index is 540. The molecule has 0 aliphatic rings. The van der Waals surface area contributed by atoms with E-state index in [2.05, 4.69) is 13.8 Å². The van der Waals surface area contributed by atoms with Gasteiger partial charge >= 0.3 is 0 Å². The highest BCUT2D eigenvalue weighted by atomic mass is 19.1. The third-order valence-electron chi connectivity index (χ3n) is 2.72. The van der Waals surface area contributed by atoms with Gasteiger partial charge in [0.2, 0.25) is 0 Å². The lowest BCUT2D eigenvalue weighted by molar-refractivity contribution is 0.0950. The molecule has 17 heavy (non-hydrogen) atoms. The molecule has 1 heterocycles. The smallest absolute Gasteiger partial charge is 0.198 e. The van der Waals surface area contributed by atoms with Gasteiger partial charge in [-0.15, -0.1) is 0 Å². The first-order chi connectivity index (χ1) is 8.08. The molecule has 0 spiro atoms. The second-order valence-electron chi connectivity index (χ2n) is 4.62. The third kappa shape index (κ3) is 2.54. The van der Waals surface area contributed by atoms with Gasteiger partial charge in [-0.2, -0.15) is 0 Å². The minimum atomic E-state index is -0.426. The predicted molar refractivity (Wildman–Crippen MR) is 64.6 cm³/mol. The first kappa shape index (κ1) is 11.8. The summed E-state index contributed by atoms with van der Waals surface area (Å²) < 4.78 is 18.6. The zero-order valence-electron chi connectivity index (χ0n) is 10.00. The van der Waals surface area contributed by atoms with E-state index in [4.69, 9.17) is 4.42 Å². The van der Waals surface area contributed by atoms with E-state index in [0.717, 1.165) is 6.42 Å². The van der Waals surface area contributed by atoms with Crippen LogP contribution in [0.1, 0.15) is 37.2 Å². The Morgan fingerprint density at radius 2 is 2.18 bits per heavy atom. The van der Waals surface area contributed by atoms with Crippen molar-refractivity contribution in [3.05, 3.63) is 35.8 Å². The molecule has 2 nitrogen and oxygen atoms in total. The molecule has 0 aliphatic carbocycles. The van der Waals surface area contributed by atoms with Crippen LogP contribution in [0.5, 0.6) is 0 Å². The van der Waals surface area contributed by atoms with Gasteiger partial charge in [0.15, 0.2) is 22.9 Å². The molecule has 0 saturated carbocycles. The van der Waals surface area contributed by atoms with Crippen molar-refractivity contribution in [1.82, 2.24) is 0 Å². The fourth-order valence-electron chi connectivity index (χ4n) is 1.71. The molecule has 0 atom stereocenters. The molecule has 0 saturated heterocycles. The van der Waals surface area contributed by atoms with Crippen molar-refractivity contribution in [3.63, 3.8) is 0 Å². The molecule has 2 rings (SSSR count). The molecule has 1 aromatic carbocycles. The van der Waals surface area contributed by atoms with Gasteiger partial charge in [0.05, 0.1) is 0 Å². The highest BCUT2D eigenvalue weighted by Crippen LogP contribution is 2.23. The van der Waals surface area contributed by atoms with Crippen LogP contribution in [-0.2, 0) is 0 Å². The molecule has 2 aromatic rings. The summed E-state index contributed by atoms with van der Waals surface area (Å²) in [6, 6.07) is 6.28. The van der Waals surface area contributed by atoms with Crippen molar-refractivity contribution in [2.45, 2.75) is 26.7 Å². The number of rotatable bonds is 4. The number of halogens is 1. The summed E-state index contributed by atoms with van der Waals surface area (Å²) in [7, 11) is 0. The van der Waals surface area contributed by atoms with Crippen LogP contribution in [0.15, 0.2) is 28.7 Å². The van der Waals surface area contributed by atoms with Crippen molar-refractivity contribution in [1.29, 1.82) is 0 Å². The third-order valence-corrected chi connectivity index (χ3v) is 2.72. The fourth-order valence-corrected chi connectivity index (χ4v) is 1.71. The van der Waals surface area contributed by atoms with E-state index in [1.807, 2.05) is 0 Å². The maximum absolute atomic E-state index is 13.4. The summed E-state index contributed by atoms with van der Waals surface area (Å²) >= 11 is 0. The number of hydrogen-bond donors (Lipinski definition) is 0. The molecule has 0 fully saturated rings. The van der Waals surface area contributed by atoms with Gasteiger partial charge in [-0.25, -0.2) is 4.39 Å². The van der Waals surface area contributed by atoms with E-state index in [9.17, 15) is 9.18 Å². The Morgan fingerprint density at radius 1 is 1.41 bits per heavy atom. The Labute approximate surface area is 99.4 Å². The fraction of sp³-hybridized carbons (Fsp3) is 0.357. The van der Waals surface area contributed by atoms with E-state index in [1.165, 1.54) is 6.07 Å². The minimum Gasteiger partial charge on any atom is -0.450 e. The maximum Gasteiger partial charge on any atom is 0.198 e. The van der Waals surface area contributed by atoms with E-state index in [1.54, 1.807) is 18.2 Å². The summed E-state index contributed by atoms with van der Waals surface area (Å²) in [6.07, 6.45) is 1.26. The number of furan rings is 1. The lowest BCUT2D eigenvalue weighted by atomic mass is 10.0. The molecule has 0 bridgehead atoms. The first-order valence-electron chi connectivity index (χ1n) is 5.79. The topological polar surface area (TPSA) is 30.2 Å². The van der Waals surface area contributed by atoms with Crippen LogP contribution in [0.4, 0.5) is 4.39 Å². The van der Waals surface area contributed by atoms with Crippen LogP contribution in [0.2, 0.25) is 0 Å². The number of benzene rings is 1. The largest absolute Gasteiger partial charge is 0.450 e. The molecule has 3 heteroatoms. The number of hydrogen-bond acceptors (Lipinski definition) is 2. The van der Waals surface area contributed by atoms with Crippen molar-refractivity contribution >= 4 is 16.8 Å². The molecule has 0 N–H and O–H groups in total. The number of ketones is 1. The first-order valence-corrected chi connectivity index (χ1v) is 5.79. The van der Waals surface area contributed by atoms with E-state index < -0.39 is 5.82 Å². The quantitative estimate of drug-likeness (QED) is 0.742. The molecule has 1 aromatic heterocycles. The molecular formula is C14H15FO2. The number of carbonyl (C=O) groups is 1. The normalized spacial score (nSPS) is 11.3. The van der Waals surface area contributed by atoms with E-state index >= 15 is 0 Å². The van der Waals surface area contributed by atoms with E-state index in [-0.39, 0.29) is 17.1 Å². The molecule has 0 unspecified atom stereocenters. The van der Waals surface area contributed by atoms with Gasteiger partial charge in [-0.3, -0.25) is 4.79 Å². The van der Waals surface area contributed by atoms with Crippen LogP contribution in [0.25, 0.3) is 11.0 Å². The van der Waals surface area contributed by atoms with Crippen LogP contribution < -0.4 is 0 Å². The standard InChI is InChI=1S/C14H15FO2/c1-9(2)6-7-12(16)13-8-10-4-3-5-11(15)14(10)17-13/h3-5,8-9H,6-7H2,1-2H3. The van der Waals surface area contributed by atoms with Gasteiger partial charge in [-0.05, 0) is 24.5 Å². The lowest BCUT2D eigenvalue weighted by Crippen LogP contribution is -1.99. The van der Waals surface area contributed by atoms with Gasteiger partial charge in [-0.1, -0.05) is 26.0 Å². The molecule has 0 amide bonds. The number of para-hydroxylation sites is 1. The Balaban J connectivity index is 2.24. The average molecular weight is 234 g/mol. The molecule has 0 radical (unpaired) electrons. The maximum atomic E-state index is 13.4. The van der Waals surface area contributed by atoms with Gasteiger partial charge in [0.1, 0.15) is 0 Å². The Morgan fingerprint density at radius 3 is 2.82 bits per heavy atom. The zero-order valence-corrected chi connectivity index (χ0v) is 10.00. The lowest BCUT2D eigenvalue weighted by Gasteiger charge is -2.00. The molecular weight excluding hydrogens is 219 g/mol. The van der Waals surface area contributed by atoms with E-state index in [0.29, 0.717) is 17.7 Å².